The van der Waals surface area contributed by atoms with E-state index in [9.17, 15) is 8.94 Å². The van der Waals surface area contributed by atoms with Gasteiger partial charge in [0.1, 0.15) is 11.4 Å². The summed E-state index contributed by atoms with van der Waals surface area (Å²) in [6.07, 6.45) is 8.70. The first-order valence-electron chi connectivity index (χ1n) is 9.58. The van der Waals surface area contributed by atoms with Crippen LogP contribution in [0.25, 0.3) is 0 Å². The van der Waals surface area contributed by atoms with E-state index in [4.69, 9.17) is 11.6 Å². The maximum absolute atomic E-state index is 14.7. The Kier molecular flexibility index (Phi) is 6.32. The third-order valence-corrected chi connectivity index (χ3v) is 7.77. The van der Waals surface area contributed by atoms with Crippen molar-refractivity contribution in [2.24, 2.45) is 0 Å². The van der Waals surface area contributed by atoms with E-state index in [2.05, 4.69) is 27.0 Å². The van der Waals surface area contributed by atoms with E-state index >= 15 is 0 Å². The van der Waals surface area contributed by atoms with Gasteiger partial charge in [-0.1, -0.05) is 24.4 Å². The molecule has 152 valence electrons. The van der Waals surface area contributed by atoms with E-state index in [1.807, 2.05) is 0 Å². The lowest BCUT2D eigenvalue weighted by molar-refractivity contribution is 0.169. The van der Waals surface area contributed by atoms with E-state index < -0.39 is 17.2 Å². The number of rotatable bonds is 7. The fraction of sp³-hybridized carbons (Fsp3) is 0.526. The van der Waals surface area contributed by atoms with Gasteiger partial charge >= 0.3 is 0 Å². The number of halogens is 2. The van der Waals surface area contributed by atoms with Gasteiger partial charge in [0.25, 0.3) is 0 Å². The number of nitrogens with zero attached hydrogens (tertiary/aromatic N) is 2. The Morgan fingerprint density at radius 1 is 1.29 bits per heavy atom. The first kappa shape index (κ1) is 20.2. The van der Waals surface area contributed by atoms with Gasteiger partial charge in [0.05, 0.1) is 10.7 Å². The van der Waals surface area contributed by atoms with E-state index in [1.54, 1.807) is 11.6 Å². The molecule has 2 fully saturated rings. The topological polar surface area (TPSA) is 63.2 Å². The molecule has 1 heterocycles. The van der Waals surface area contributed by atoms with Crippen molar-refractivity contribution in [3.63, 3.8) is 0 Å². The Bertz CT molecular complexity index is 805. The van der Waals surface area contributed by atoms with E-state index in [0.717, 1.165) is 19.3 Å². The van der Waals surface area contributed by atoms with Crippen molar-refractivity contribution in [2.45, 2.75) is 61.5 Å². The smallest absolute Gasteiger partial charge is 0.226 e. The number of thiazole rings is 1. The molecule has 2 aliphatic carbocycles. The van der Waals surface area contributed by atoms with Crippen LogP contribution in [-0.2, 0) is 11.4 Å². The molecule has 1 aromatic heterocycles. The molecule has 0 radical (unpaired) electrons. The summed E-state index contributed by atoms with van der Waals surface area (Å²) in [4.78, 5) is 6.52. The van der Waals surface area contributed by atoms with Gasteiger partial charge in [-0.05, 0) is 32.7 Å². The molecule has 1 unspecified atom stereocenters. The largest absolute Gasteiger partial charge is 0.588 e. The molecule has 0 saturated heterocycles. The molecule has 5 nitrogen and oxygen atoms in total. The maximum Gasteiger partial charge on any atom is 0.226 e. The molecule has 4 rings (SSSR count). The standard InChI is InChI=1S/C19H24ClFN4OS2/c1-25(12-6-7-12)17-5-3-2-4-15(17)23-16-11-14(21)18(10-13(16)20)28(26)24-19-22-8-9-27-19/h8-12,15,17,23H,2-7H2,1H3,(H,22,24)/t15-,17-,28?/m0/s1. The average molecular weight is 443 g/mol. The molecule has 1 aromatic carbocycles. The first-order chi connectivity index (χ1) is 13.5. The third-order valence-electron chi connectivity index (χ3n) is 5.55. The van der Waals surface area contributed by atoms with E-state index in [0.29, 0.717) is 27.9 Å². The van der Waals surface area contributed by atoms with Crippen molar-refractivity contribution in [1.82, 2.24) is 9.88 Å². The van der Waals surface area contributed by atoms with Gasteiger partial charge in [-0.25, -0.2) is 9.37 Å². The molecule has 2 saturated carbocycles. The monoisotopic (exact) mass is 442 g/mol. The van der Waals surface area contributed by atoms with Crippen molar-refractivity contribution >= 4 is 45.1 Å². The highest BCUT2D eigenvalue weighted by atomic mass is 35.5. The third kappa shape index (κ3) is 4.57. The van der Waals surface area contributed by atoms with Gasteiger partial charge in [-0.3, -0.25) is 4.90 Å². The van der Waals surface area contributed by atoms with Crippen molar-refractivity contribution < 1.29 is 8.94 Å². The summed E-state index contributed by atoms with van der Waals surface area (Å²) in [5.41, 5.74) is 0.565. The molecule has 0 spiro atoms. The summed E-state index contributed by atoms with van der Waals surface area (Å²) in [5.74, 6) is -0.544. The summed E-state index contributed by atoms with van der Waals surface area (Å²) >= 11 is 5.98. The lowest BCUT2D eigenvalue weighted by Crippen LogP contribution is -2.48. The Labute approximate surface area is 177 Å². The van der Waals surface area contributed by atoms with E-state index in [-0.39, 0.29) is 10.9 Å². The van der Waals surface area contributed by atoms with Crippen LogP contribution in [0.15, 0.2) is 28.6 Å². The van der Waals surface area contributed by atoms with Gasteiger partial charge in [-0.15, -0.1) is 11.3 Å². The van der Waals surface area contributed by atoms with Gasteiger partial charge in [0.15, 0.2) is 5.82 Å². The molecule has 0 amide bonds. The highest BCUT2D eigenvalue weighted by Crippen LogP contribution is 2.35. The van der Waals surface area contributed by atoms with Gasteiger partial charge in [-0.2, -0.15) is 4.72 Å². The molecule has 2 aliphatic rings. The van der Waals surface area contributed by atoms with Crippen LogP contribution >= 0.6 is 22.9 Å². The van der Waals surface area contributed by atoms with Crippen LogP contribution in [0.2, 0.25) is 5.02 Å². The highest BCUT2D eigenvalue weighted by molar-refractivity contribution is 7.93. The zero-order valence-electron chi connectivity index (χ0n) is 15.7. The van der Waals surface area contributed by atoms with E-state index in [1.165, 1.54) is 42.7 Å². The van der Waals surface area contributed by atoms with Crippen LogP contribution in [0, 0.1) is 5.82 Å². The second-order valence-electron chi connectivity index (χ2n) is 7.47. The van der Waals surface area contributed by atoms with Crippen molar-refractivity contribution in [3.05, 3.63) is 34.5 Å². The summed E-state index contributed by atoms with van der Waals surface area (Å²) in [7, 11) is 2.20. The Morgan fingerprint density at radius 3 is 2.79 bits per heavy atom. The molecule has 0 aliphatic heterocycles. The predicted molar refractivity (Wildman–Crippen MR) is 114 cm³/mol. The fourth-order valence-electron chi connectivity index (χ4n) is 3.91. The molecule has 3 atom stereocenters. The molecular weight excluding hydrogens is 419 g/mol. The number of likely N-dealkylation sites (N-methyl/N-ethyl adjacent to an activating group) is 1. The SMILES string of the molecule is CN(C1CC1)[C@H]1CCCC[C@@H]1Nc1cc(F)c([S+]([O-])Nc2nccs2)cc1Cl. The van der Waals surface area contributed by atoms with Gasteiger partial charge in [0.2, 0.25) is 10.0 Å². The van der Waals surface area contributed by atoms with Gasteiger partial charge in [0, 0.05) is 41.8 Å². The van der Waals surface area contributed by atoms with Crippen molar-refractivity contribution in [2.75, 3.05) is 17.1 Å². The Balaban J connectivity index is 1.49. The maximum atomic E-state index is 14.7. The predicted octanol–water partition coefficient (Wildman–Crippen LogP) is 4.89. The number of aromatic nitrogens is 1. The number of benzene rings is 1. The summed E-state index contributed by atoms with van der Waals surface area (Å²) < 4.78 is 29.9. The normalized spacial score (nSPS) is 23.6. The average Bonchev–Trinajstić information content (AvgIpc) is 3.41. The molecule has 2 aromatic rings. The van der Waals surface area contributed by atoms with Crippen LogP contribution in [0.5, 0.6) is 0 Å². The zero-order chi connectivity index (χ0) is 19.7. The molecule has 0 bridgehead atoms. The molecule has 28 heavy (non-hydrogen) atoms. The van der Waals surface area contributed by atoms with Crippen LogP contribution < -0.4 is 10.0 Å². The number of nitrogens with one attached hydrogen (secondary N) is 2. The first-order valence-corrected chi connectivity index (χ1v) is 12.0. The summed E-state index contributed by atoms with van der Waals surface area (Å²) in [5, 5.41) is 6.09. The van der Waals surface area contributed by atoms with Crippen LogP contribution in [0.4, 0.5) is 15.2 Å². The second kappa shape index (κ2) is 8.75. The van der Waals surface area contributed by atoms with Crippen LogP contribution in [0.3, 0.4) is 0 Å². The minimum Gasteiger partial charge on any atom is -0.588 e. The summed E-state index contributed by atoms with van der Waals surface area (Å²) in [6, 6.07) is 4.16. The lowest BCUT2D eigenvalue weighted by Gasteiger charge is -2.39. The van der Waals surface area contributed by atoms with Gasteiger partial charge < -0.3 is 9.87 Å². The second-order valence-corrected chi connectivity index (χ2v) is 9.95. The lowest BCUT2D eigenvalue weighted by atomic mass is 9.89. The van der Waals surface area contributed by atoms with Crippen LogP contribution in [0.1, 0.15) is 38.5 Å². The summed E-state index contributed by atoms with van der Waals surface area (Å²) in [6.45, 7) is 0. The van der Waals surface area contributed by atoms with Crippen molar-refractivity contribution in [1.29, 1.82) is 0 Å². The quantitative estimate of drug-likeness (QED) is 0.598. The number of hydrogen-bond acceptors (Lipinski definition) is 6. The van der Waals surface area contributed by atoms with Crippen LogP contribution in [-0.4, -0.2) is 39.6 Å². The molecule has 9 heteroatoms. The highest BCUT2D eigenvalue weighted by Gasteiger charge is 2.36. The minimum atomic E-state index is -1.76. The fourth-order valence-corrected chi connectivity index (χ4v) is 5.77. The Morgan fingerprint density at radius 2 is 2.07 bits per heavy atom. The number of hydrogen-bond donors (Lipinski definition) is 2. The number of anilines is 2. The Hall–Kier alpha value is -1.06. The zero-order valence-corrected chi connectivity index (χ0v) is 18.0. The molecular formula is C19H24ClFN4OS2. The molecule has 2 N–H and O–H groups in total. The minimum absolute atomic E-state index is 0.0287. The van der Waals surface area contributed by atoms with Crippen molar-refractivity contribution in [3.8, 4) is 0 Å².